The molecule has 0 radical (unpaired) electrons. The Bertz CT molecular complexity index is 370. The average molecular weight is 297 g/mol. The van der Waals surface area contributed by atoms with Crippen LogP contribution in [0.3, 0.4) is 0 Å². The number of Topliss-reactive ketones (excluding diaryl/α,β-unsaturated/α-hetero) is 1. The van der Waals surface area contributed by atoms with Crippen LogP contribution in [0.1, 0.15) is 29.6 Å². The molecule has 0 aliphatic carbocycles. The molecule has 0 aliphatic heterocycles. The summed E-state index contributed by atoms with van der Waals surface area (Å²) in [7, 11) is 3.36. The van der Waals surface area contributed by atoms with Crippen molar-refractivity contribution < 1.29 is 4.79 Å². The van der Waals surface area contributed by atoms with Gasteiger partial charge in [0.05, 0.1) is 15.6 Å². The van der Waals surface area contributed by atoms with Crippen molar-refractivity contribution in [1.82, 2.24) is 0 Å². The smallest absolute Gasteiger partial charge is 0.165 e. The molecule has 0 heterocycles. The number of carbonyl (C=O) groups excluding carboxylic acids is 1. The lowest BCUT2D eigenvalue weighted by Gasteiger charge is -2.07. The Morgan fingerprint density at radius 3 is 2.19 bits per heavy atom. The van der Waals surface area contributed by atoms with Gasteiger partial charge in [-0.05, 0) is 18.6 Å². The van der Waals surface area contributed by atoms with Crippen molar-refractivity contribution in [3.63, 3.8) is 0 Å². The van der Waals surface area contributed by atoms with Crippen molar-refractivity contribution in [2.24, 2.45) is 0 Å². The standard InChI is InChI=1S/C11H11Cl3OP/c12-7-5-8(13)11(9(14)6-7)10(15)3-1-2-4-16/h5-6,16H,1-4H2/q-1. The summed E-state index contributed by atoms with van der Waals surface area (Å²) in [6.45, 7) is 0. The van der Waals surface area contributed by atoms with Crippen molar-refractivity contribution in [2.75, 3.05) is 6.16 Å². The van der Waals surface area contributed by atoms with Crippen molar-refractivity contribution in [2.45, 2.75) is 19.3 Å². The first kappa shape index (κ1) is 14.3. The van der Waals surface area contributed by atoms with E-state index in [9.17, 15) is 4.79 Å². The minimum Gasteiger partial charge on any atom is -0.558 e. The number of unbranched alkanes of at least 4 members (excludes halogenated alkanes) is 1. The van der Waals surface area contributed by atoms with Crippen LogP contribution in [0.4, 0.5) is 0 Å². The van der Waals surface area contributed by atoms with E-state index in [1.165, 1.54) is 12.1 Å². The number of rotatable bonds is 5. The first-order valence-corrected chi connectivity index (χ1v) is 6.72. The zero-order chi connectivity index (χ0) is 12.1. The van der Waals surface area contributed by atoms with Gasteiger partial charge in [-0.1, -0.05) is 41.2 Å². The van der Waals surface area contributed by atoms with Gasteiger partial charge in [0.25, 0.3) is 0 Å². The Balaban J connectivity index is 2.83. The van der Waals surface area contributed by atoms with Gasteiger partial charge in [0, 0.05) is 11.4 Å². The Labute approximate surface area is 113 Å². The van der Waals surface area contributed by atoms with E-state index in [0.29, 0.717) is 27.1 Å². The highest BCUT2D eigenvalue weighted by molar-refractivity contribution is 7.16. The van der Waals surface area contributed by atoms with Crippen LogP contribution < -0.4 is 0 Å². The molecule has 0 fully saturated rings. The number of hydrogen-bond donors (Lipinski definition) is 0. The maximum Gasteiger partial charge on any atom is 0.165 e. The van der Waals surface area contributed by atoms with Gasteiger partial charge in [0.1, 0.15) is 0 Å². The van der Waals surface area contributed by atoms with Crippen LogP contribution in [0, 0.1) is 0 Å². The second-order valence-corrected chi connectivity index (χ2v) is 5.13. The molecular formula is C11H11Cl3OP-. The van der Waals surface area contributed by atoms with Gasteiger partial charge in [-0.2, -0.15) is 6.16 Å². The fourth-order valence-electron chi connectivity index (χ4n) is 1.34. The number of halogens is 3. The van der Waals surface area contributed by atoms with Crippen LogP contribution in [0.25, 0.3) is 0 Å². The van der Waals surface area contributed by atoms with E-state index in [2.05, 4.69) is 9.24 Å². The normalized spacial score (nSPS) is 10.5. The van der Waals surface area contributed by atoms with Crippen LogP contribution >= 0.6 is 44.0 Å². The number of hydrogen-bond acceptors (Lipinski definition) is 1. The molecule has 0 saturated carbocycles. The lowest BCUT2D eigenvalue weighted by molar-refractivity contribution is 0.0980. The summed E-state index contributed by atoms with van der Waals surface area (Å²) in [6, 6.07) is 3.07. The Morgan fingerprint density at radius 2 is 1.69 bits per heavy atom. The second-order valence-electron chi connectivity index (χ2n) is 3.37. The molecule has 1 aromatic rings. The Kier molecular flexibility index (Phi) is 6.07. The summed E-state index contributed by atoms with van der Waals surface area (Å²) in [5.41, 5.74) is 0.377. The van der Waals surface area contributed by atoms with E-state index in [1.807, 2.05) is 0 Å². The highest BCUT2D eigenvalue weighted by Crippen LogP contribution is 2.30. The molecular weight excluding hydrogens is 285 g/mol. The highest BCUT2D eigenvalue weighted by Gasteiger charge is 2.15. The van der Waals surface area contributed by atoms with E-state index in [0.717, 1.165) is 19.0 Å². The molecule has 0 saturated heterocycles. The summed E-state index contributed by atoms with van der Waals surface area (Å²) < 4.78 is 0. The molecule has 0 spiro atoms. The fraction of sp³-hybridized carbons (Fsp3) is 0.364. The molecule has 0 N–H and O–H groups in total. The molecule has 0 aromatic heterocycles. The van der Waals surface area contributed by atoms with Crippen LogP contribution in [-0.4, -0.2) is 11.9 Å². The molecule has 0 bridgehead atoms. The lowest BCUT2D eigenvalue weighted by Crippen LogP contribution is -2.01. The van der Waals surface area contributed by atoms with Crippen LogP contribution in [0.5, 0.6) is 0 Å². The van der Waals surface area contributed by atoms with Gasteiger partial charge in [-0.25, -0.2) is 0 Å². The molecule has 0 aliphatic rings. The molecule has 0 amide bonds. The van der Waals surface area contributed by atoms with Crippen LogP contribution in [-0.2, 0) is 0 Å². The first-order valence-electron chi connectivity index (χ1n) is 4.88. The molecule has 16 heavy (non-hydrogen) atoms. The van der Waals surface area contributed by atoms with Gasteiger partial charge >= 0.3 is 0 Å². The Morgan fingerprint density at radius 1 is 1.12 bits per heavy atom. The monoisotopic (exact) mass is 295 g/mol. The third-order valence-corrected chi connectivity index (χ3v) is 3.28. The predicted molar refractivity (Wildman–Crippen MR) is 72.8 cm³/mol. The molecule has 0 unspecified atom stereocenters. The highest BCUT2D eigenvalue weighted by atomic mass is 35.5. The van der Waals surface area contributed by atoms with Crippen molar-refractivity contribution in [1.29, 1.82) is 0 Å². The quantitative estimate of drug-likeness (QED) is 0.417. The molecule has 1 nitrogen and oxygen atoms in total. The maximum atomic E-state index is 11.8. The third-order valence-electron chi connectivity index (χ3n) is 2.12. The van der Waals surface area contributed by atoms with Gasteiger partial charge in [0.15, 0.2) is 5.78 Å². The SMILES string of the molecule is O=C(CCCC[PH-])c1c(Cl)cc(Cl)cc1Cl. The molecule has 5 heteroatoms. The van der Waals surface area contributed by atoms with E-state index < -0.39 is 0 Å². The van der Waals surface area contributed by atoms with Gasteiger partial charge in [-0.3, -0.25) is 4.79 Å². The van der Waals surface area contributed by atoms with Gasteiger partial charge < -0.3 is 9.24 Å². The average Bonchev–Trinajstić information content (AvgIpc) is 2.16. The zero-order valence-electron chi connectivity index (χ0n) is 8.53. The fourth-order valence-corrected chi connectivity index (χ4v) is 2.62. The summed E-state index contributed by atoms with van der Waals surface area (Å²) >= 11 is 17.7. The van der Waals surface area contributed by atoms with E-state index in [1.54, 1.807) is 0 Å². The van der Waals surface area contributed by atoms with Gasteiger partial charge in [0.2, 0.25) is 0 Å². The topological polar surface area (TPSA) is 17.1 Å². The largest absolute Gasteiger partial charge is 0.558 e. The number of carbonyl (C=O) groups is 1. The summed E-state index contributed by atoms with van der Waals surface area (Å²) in [5, 5.41) is 1.08. The van der Waals surface area contributed by atoms with Crippen LogP contribution in [0.15, 0.2) is 12.1 Å². The third kappa shape index (κ3) is 3.89. The summed E-state index contributed by atoms with van der Waals surface area (Å²) in [6.07, 6.45) is 3.10. The van der Waals surface area contributed by atoms with Gasteiger partial charge in [-0.15, -0.1) is 0 Å². The Hall–Kier alpha value is 0.190. The molecule has 0 atom stereocenters. The van der Waals surface area contributed by atoms with E-state index in [-0.39, 0.29) is 5.78 Å². The van der Waals surface area contributed by atoms with E-state index >= 15 is 0 Å². The van der Waals surface area contributed by atoms with Crippen molar-refractivity contribution in [3.8, 4) is 0 Å². The molecule has 1 rings (SSSR count). The zero-order valence-corrected chi connectivity index (χ0v) is 11.8. The van der Waals surface area contributed by atoms with Crippen molar-refractivity contribution in [3.05, 3.63) is 32.8 Å². The lowest BCUT2D eigenvalue weighted by atomic mass is 10.1. The first-order chi connectivity index (χ1) is 7.56. The minimum absolute atomic E-state index is 0.0354. The number of ketones is 1. The van der Waals surface area contributed by atoms with Crippen LogP contribution in [0.2, 0.25) is 15.1 Å². The predicted octanol–water partition coefficient (Wildman–Crippen LogP) is 5.14. The van der Waals surface area contributed by atoms with E-state index in [4.69, 9.17) is 34.8 Å². The molecule has 1 aromatic carbocycles. The summed E-state index contributed by atoms with van der Waals surface area (Å²) in [4.78, 5) is 11.8. The maximum absolute atomic E-state index is 11.8. The number of benzene rings is 1. The summed E-state index contributed by atoms with van der Waals surface area (Å²) in [5.74, 6) is -0.0354. The molecule has 88 valence electrons. The minimum atomic E-state index is -0.0354. The second kappa shape index (κ2) is 6.81. The van der Waals surface area contributed by atoms with Crippen molar-refractivity contribution >= 4 is 49.8 Å².